The highest BCUT2D eigenvalue weighted by atomic mass is 19.1. The molecular weight excluding hydrogens is 297 g/mol. The Kier molecular flexibility index (Phi) is 5.79. The molecule has 0 atom stereocenters. The second-order valence-corrected chi connectivity index (χ2v) is 4.69. The van der Waals surface area contributed by atoms with Gasteiger partial charge in [0.2, 0.25) is 17.8 Å². The normalized spacial score (nSPS) is 11.2. The summed E-state index contributed by atoms with van der Waals surface area (Å²) in [6.45, 7) is 7.08. The molecule has 1 heterocycles. The first kappa shape index (κ1) is 16.6. The van der Waals surface area contributed by atoms with E-state index in [-0.39, 0.29) is 5.82 Å². The largest absolute Gasteiger partial charge is 0.354 e. The summed E-state index contributed by atoms with van der Waals surface area (Å²) in [5, 5.41) is 10.3. The smallest absolute Gasteiger partial charge is 0.250 e. The average Bonchev–Trinajstić information content (AvgIpc) is 2.53. The Morgan fingerprint density at radius 1 is 1.04 bits per heavy atom. The molecule has 1 aromatic heterocycles. The van der Waals surface area contributed by atoms with Crippen molar-refractivity contribution in [2.45, 2.75) is 20.8 Å². The number of nitrogens with one attached hydrogen (secondary N) is 3. The van der Waals surface area contributed by atoms with Crippen LogP contribution in [0.15, 0.2) is 29.4 Å². The minimum Gasteiger partial charge on any atom is -0.354 e. The Bertz CT molecular complexity index is 663. The summed E-state index contributed by atoms with van der Waals surface area (Å²) >= 11 is 0. The van der Waals surface area contributed by atoms with Crippen LogP contribution in [0.4, 0.5) is 22.2 Å². The number of nitrogens with zero attached hydrogens (tertiary/aromatic N) is 4. The van der Waals surface area contributed by atoms with Gasteiger partial charge in [-0.2, -0.15) is 20.1 Å². The lowest BCUT2D eigenvalue weighted by Crippen LogP contribution is -2.11. The van der Waals surface area contributed by atoms with Crippen LogP contribution in [0.5, 0.6) is 0 Å². The van der Waals surface area contributed by atoms with Gasteiger partial charge in [0.25, 0.3) is 0 Å². The molecule has 0 aliphatic heterocycles. The van der Waals surface area contributed by atoms with Crippen LogP contribution >= 0.6 is 0 Å². The predicted molar refractivity (Wildman–Crippen MR) is 90.4 cm³/mol. The molecular formula is C15H20FN7. The molecule has 23 heavy (non-hydrogen) atoms. The van der Waals surface area contributed by atoms with Crippen LogP contribution in [0.1, 0.15) is 26.3 Å². The van der Waals surface area contributed by atoms with Gasteiger partial charge in [-0.1, -0.05) is 12.1 Å². The van der Waals surface area contributed by atoms with E-state index in [0.29, 0.717) is 42.2 Å². The highest BCUT2D eigenvalue weighted by Gasteiger charge is 2.05. The molecule has 3 N–H and O–H groups in total. The molecule has 0 bridgehead atoms. The molecule has 0 amide bonds. The number of rotatable bonds is 7. The van der Waals surface area contributed by atoms with Crippen LogP contribution in [0, 0.1) is 5.82 Å². The van der Waals surface area contributed by atoms with E-state index in [0.717, 1.165) is 0 Å². The number of hydrogen-bond donors (Lipinski definition) is 3. The zero-order valence-electron chi connectivity index (χ0n) is 13.4. The molecule has 0 spiro atoms. The van der Waals surface area contributed by atoms with Gasteiger partial charge < -0.3 is 10.6 Å². The van der Waals surface area contributed by atoms with Gasteiger partial charge in [-0.3, -0.25) is 0 Å². The highest BCUT2D eigenvalue weighted by molar-refractivity contribution is 5.98. The molecule has 8 heteroatoms. The summed E-state index contributed by atoms with van der Waals surface area (Å²) in [7, 11) is 0. The van der Waals surface area contributed by atoms with Crippen molar-refractivity contribution in [3.8, 4) is 0 Å². The van der Waals surface area contributed by atoms with E-state index in [9.17, 15) is 4.39 Å². The number of halogens is 1. The van der Waals surface area contributed by atoms with Gasteiger partial charge in [0.1, 0.15) is 5.82 Å². The first-order chi connectivity index (χ1) is 11.1. The Morgan fingerprint density at radius 3 is 2.22 bits per heavy atom. The van der Waals surface area contributed by atoms with Gasteiger partial charge in [-0.15, -0.1) is 0 Å². The SMILES string of the molecule is CCNc1nc(NCC)nc(N/N=C(\C)c2cccc(F)c2)n1. The number of anilines is 3. The first-order valence-corrected chi connectivity index (χ1v) is 7.42. The van der Waals surface area contributed by atoms with Crippen molar-refractivity contribution in [3.63, 3.8) is 0 Å². The lowest BCUT2D eigenvalue weighted by atomic mass is 10.1. The fourth-order valence-electron chi connectivity index (χ4n) is 1.81. The molecule has 1 aromatic carbocycles. The number of benzene rings is 1. The molecule has 7 nitrogen and oxygen atoms in total. The second-order valence-electron chi connectivity index (χ2n) is 4.69. The zero-order valence-corrected chi connectivity index (χ0v) is 13.4. The third-order valence-electron chi connectivity index (χ3n) is 2.87. The third kappa shape index (κ3) is 4.87. The molecule has 2 aromatic rings. The van der Waals surface area contributed by atoms with Gasteiger partial charge in [0, 0.05) is 18.7 Å². The summed E-state index contributed by atoms with van der Waals surface area (Å²) in [6, 6.07) is 6.23. The molecule has 0 saturated carbocycles. The van der Waals surface area contributed by atoms with E-state index in [1.807, 2.05) is 13.8 Å². The van der Waals surface area contributed by atoms with Gasteiger partial charge in [0.15, 0.2) is 0 Å². The summed E-state index contributed by atoms with van der Waals surface area (Å²) < 4.78 is 13.2. The Morgan fingerprint density at radius 2 is 1.65 bits per heavy atom. The monoisotopic (exact) mass is 317 g/mol. The fourth-order valence-corrected chi connectivity index (χ4v) is 1.81. The standard InChI is InChI=1S/C15H20FN7/c1-4-17-13-19-14(18-5-2)21-15(20-13)23-22-10(3)11-7-6-8-12(16)9-11/h6-9H,4-5H2,1-3H3,(H3,17,18,19,20,21,23)/b22-10+. The van der Waals surface area contributed by atoms with Crippen molar-refractivity contribution >= 4 is 23.6 Å². The number of hydrogen-bond acceptors (Lipinski definition) is 7. The topological polar surface area (TPSA) is 87.1 Å². The second kappa shape index (κ2) is 8.02. The maximum atomic E-state index is 13.2. The molecule has 0 aliphatic rings. The highest BCUT2D eigenvalue weighted by Crippen LogP contribution is 2.10. The Hall–Kier alpha value is -2.77. The van der Waals surface area contributed by atoms with Crippen LogP contribution in [0.25, 0.3) is 0 Å². The van der Waals surface area contributed by atoms with Crippen molar-refractivity contribution < 1.29 is 4.39 Å². The van der Waals surface area contributed by atoms with Crippen molar-refractivity contribution in [2.24, 2.45) is 5.10 Å². The Labute approximate surface area is 134 Å². The van der Waals surface area contributed by atoms with Crippen molar-refractivity contribution in [1.82, 2.24) is 15.0 Å². The molecule has 0 radical (unpaired) electrons. The van der Waals surface area contributed by atoms with Crippen LogP contribution in [-0.4, -0.2) is 33.8 Å². The molecule has 0 aliphatic carbocycles. The van der Waals surface area contributed by atoms with E-state index in [1.165, 1.54) is 12.1 Å². The summed E-state index contributed by atoms with van der Waals surface area (Å²) in [4.78, 5) is 12.7. The predicted octanol–water partition coefficient (Wildman–Crippen LogP) is 2.71. The third-order valence-corrected chi connectivity index (χ3v) is 2.87. The average molecular weight is 317 g/mol. The lowest BCUT2D eigenvalue weighted by Gasteiger charge is -2.08. The van der Waals surface area contributed by atoms with Crippen molar-refractivity contribution in [2.75, 3.05) is 29.1 Å². The summed E-state index contributed by atoms with van der Waals surface area (Å²) in [6.07, 6.45) is 0. The molecule has 0 fully saturated rings. The molecule has 0 saturated heterocycles. The van der Waals surface area contributed by atoms with E-state index in [1.54, 1.807) is 19.1 Å². The molecule has 0 unspecified atom stereocenters. The van der Waals surface area contributed by atoms with E-state index >= 15 is 0 Å². The quantitative estimate of drug-likeness (QED) is 0.537. The van der Waals surface area contributed by atoms with E-state index < -0.39 is 0 Å². The Balaban J connectivity index is 2.19. The van der Waals surface area contributed by atoms with Crippen molar-refractivity contribution in [3.05, 3.63) is 35.6 Å². The lowest BCUT2D eigenvalue weighted by molar-refractivity contribution is 0.627. The fraction of sp³-hybridized carbons (Fsp3) is 0.333. The maximum Gasteiger partial charge on any atom is 0.250 e. The zero-order chi connectivity index (χ0) is 16.7. The van der Waals surface area contributed by atoms with Gasteiger partial charge in [-0.25, -0.2) is 9.82 Å². The van der Waals surface area contributed by atoms with E-state index in [4.69, 9.17) is 0 Å². The van der Waals surface area contributed by atoms with Gasteiger partial charge >= 0.3 is 0 Å². The summed E-state index contributed by atoms with van der Waals surface area (Å²) in [5.41, 5.74) is 4.09. The first-order valence-electron chi connectivity index (χ1n) is 7.42. The molecule has 2 rings (SSSR count). The van der Waals surface area contributed by atoms with Gasteiger partial charge in [-0.05, 0) is 32.9 Å². The van der Waals surface area contributed by atoms with E-state index in [2.05, 4.69) is 36.1 Å². The number of hydrazone groups is 1. The van der Waals surface area contributed by atoms with Gasteiger partial charge in [0.05, 0.1) is 5.71 Å². The summed E-state index contributed by atoms with van der Waals surface area (Å²) in [5.74, 6) is 0.919. The number of aromatic nitrogens is 3. The van der Waals surface area contributed by atoms with Crippen LogP contribution in [0.3, 0.4) is 0 Å². The maximum absolute atomic E-state index is 13.2. The van der Waals surface area contributed by atoms with Crippen LogP contribution in [0.2, 0.25) is 0 Å². The molecule has 122 valence electrons. The minimum absolute atomic E-state index is 0.305. The van der Waals surface area contributed by atoms with Crippen molar-refractivity contribution in [1.29, 1.82) is 0 Å². The van der Waals surface area contributed by atoms with Crippen LogP contribution in [-0.2, 0) is 0 Å². The van der Waals surface area contributed by atoms with Crippen LogP contribution < -0.4 is 16.1 Å². The minimum atomic E-state index is -0.305.